The van der Waals surface area contributed by atoms with Crippen LogP contribution in [0.4, 0.5) is 22.0 Å². The van der Waals surface area contributed by atoms with E-state index in [2.05, 4.69) is 65.7 Å². The highest BCUT2D eigenvalue weighted by Crippen LogP contribution is 2.36. The number of carboxylic acid groups (broad SMARTS) is 1. The first-order valence-corrected chi connectivity index (χ1v) is 40.3. The van der Waals surface area contributed by atoms with Crippen LogP contribution >= 0.6 is 15.9 Å². The summed E-state index contributed by atoms with van der Waals surface area (Å²) in [5.74, 6) is -1.58. The third kappa shape index (κ3) is 24.4. The van der Waals surface area contributed by atoms with Crippen molar-refractivity contribution in [2.45, 2.75) is 168 Å². The van der Waals surface area contributed by atoms with Crippen LogP contribution < -0.4 is 9.47 Å². The first-order chi connectivity index (χ1) is 56.7. The summed E-state index contributed by atoms with van der Waals surface area (Å²) in [5.41, 5.74) is 7.64. The van der Waals surface area contributed by atoms with Gasteiger partial charge in [-0.15, -0.1) is 0 Å². The minimum Gasteiger partial charge on any atom is -0.490 e. The standard InChI is InChI=1S/C20H28O2.C19H23NO2.C14H14FNO.C12H11FN2O2.C10H5FN2.C10H6FNO2.C9H5BrFN/c1-2-3-12-19(21)16-13-15-8-4-7-11-18(15)20(14-16)22-17-9-5-6-10-17;1-2-3-10-17(21)15-12-14-7-6-11-20-19(14)18(13-15)22-16-8-4-5-9-16;1-2-3-6-13(17)11-8-10-5-4-7-16-14(10)12(15)9-11;1-15(17-2)12(16)9-6-8-4-3-5-14-11(8)10(13)7-9;11-9-5-7(6-12)4-8-2-1-3-13-10(8)9;11-8-5-7(10(13)14)4-6-2-1-3-12-9(6)8;10-7-4-6-2-1-3-12-9(6)8(11)5-7/h13-14,17H,2-12H2,1H3;6-7,11-13,16H,2-5,8-10H2,1H3;4-5,7-9H,2-3,6H2,1H3;3-7H,1-2H3;1-5H;1-5H,(H,13,14);1-5H. The predicted molar refractivity (Wildman–Crippen MR) is 449 cm³/mol. The third-order valence-corrected chi connectivity index (χ3v) is 20.4. The van der Waals surface area contributed by atoms with Crippen LogP contribution in [0, 0.1) is 40.4 Å². The molecule has 6 aromatic heterocycles. The summed E-state index contributed by atoms with van der Waals surface area (Å²) in [6.45, 7) is 6.26. The molecule has 0 aliphatic heterocycles. The number of carbonyl (C=O) groups is 5. The number of carbonyl (C=O) groups excluding carboxylic acids is 4. The molecule has 604 valence electrons. The largest absolute Gasteiger partial charge is 0.490 e. The van der Waals surface area contributed by atoms with E-state index in [1.54, 1.807) is 91.4 Å². The van der Waals surface area contributed by atoms with Gasteiger partial charge < -0.3 is 14.6 Å². The smallest absolute Gasteiger partial charge is 0.335 e. The Bertz CT molecular complexity index is 5700. The van der Waals surface area contributed by atoms with E-state index in [-0.39, 0.29) is 51.4 Å². The Kier molecular flexibility index (Phi) is 32.7. The molecule has 117 heavy (non-hydrogen) atoms. The number of aromatic carboxylic acids is 1. The fourth-order valence-corrected chi connectivity index (χ4v) is 14.2. The van der Waals surface area contributed by atoms with Gasteiger partial charge in [-0.3, -0.25) is 53.9 Å². The maximum atomic E-state index is 13.7. The van der Waals surface area contributed by atoms with Gasteiger partial charge in [0.05, 0.1) is 36.5 Å². The lowest BCUT2D eigenvalue weighted by Gasteiger charge is -2.23. The van der Waals surface area contributed by atoms with E-state index >= 15 is 0 Å². The molecule has 13 aromatic rings. The number of hydrogen-bond donors (Lipinski definition) is 1. The maximum absolute atomic E-state index is 13.7. The topological polar surface area (TPSA) is 238 Å². The van der Waals surface area contributed by atoms with E-state index in [0.29, 0.717) is 74.6 Å². The number of aryl methyl sites for hydroxylation is 1. The van der Waals surface area contributed by atoms with Crippen molar-refractivity contribution in [1.29, 1.82) is 5.26 Å². The van der Waals surface area contributed by atoms with Gasteiger partial charge in [-0.2, -0.15) is 5.26 Å². The third-order valence-electron chi connectivity index (χ3n) is 20.0. The molecule has 0 bridgehead atoms. The van der Waals surface area contributed by atoms with Gasteiger partial charge in [-0.1, -0.05) is 92.4 Å². The number of rotatable bonds is 19. The molecule has 2 saturated carbocycles. The number of halogens is 6. The van der Waals surface area contributed by atoms with Crippen molar-refractivity contribution in [1.82, 2.24) is 35.0 Å². The van der Waals surface area contributed by atoms with Crippen molar-refractivity contribution < 1.29 is 65.3 Å². The van der Waals surface area contributed by atoms with E-state index < -0.39 is 35.1 Å². The molecule has 0 atom stereocenters. The average molecular weight is 1650 g/mol. The second kappa shape index (κ2) is 43.7. The number of nitriles is 1. The summed E-state index contributed by atoms with van der Waals surface area (Å²) in [6, 6.07) is 45.2. The highest BCUT2D eigenvalue weighted by Gasteiger charge is 2.25. The van der Waals surface area contributed by atoms with Crippen molar-refractivity contribution in [3.8, 4) is 17.6 Å². The average Bonchev–Trinajstić information content (AvgIpc) is 1.40. The van der Waals surface area contributed by atoms with Gasteiger partial charge in [0, 0.05) is 123 Å². The first kappa shape index (κ1) is 87.5. The number of aromatic nitrogens is 6. The molecular weight excluding hydrogens is 1560 g/mol. The first-order valence-electron chi connectivity index (χ1n) is 39.5. The Morgan fingerprint density at radius 3 is 1.24 bits per heavy atom. The van der Waals surface area contributed by atoms with E-state index in [1.165, 1.54) is 120 Å². The number of hydroxylamine groups is 2. The van der Waals surface area contributed by atoms with Crippen LogP contribution in [-0.2, 0) is 17.7 Å². The summed E-state index contributed by atoms with van der Waals surface area (Å²) in [6.07, 6.45) is 31.9. The number of Topliss-reactive ketones (excluding diaryl/α,β-unsaturated/α-hetero) is 3. The summed E-state index contributed by atoms with van der Waals surface area (Å²) in [5, 5.41) is 22.5. The van der Waals surface area contributed by atoms with Crippen LogP contribution in [0.1, 0.15) is 211 Å². The fourth-order valence-electron chi connectivity index (χ4n) is 13.8. The maximum Gasteiger partial charge on any atom is 0.335 e. The van der Waals surface area contributed by atoms with Gasteiger partial charge >= 0.3 is 5.97 Å². The lowest BCUT2D eigenvalue weighted by atomic mass is 9.88. The molecule has 1 N–H and O–H groups in total. The van der Waals surface area contributed by atoms with E-state index in [9.17, 15) is 45.9 Å². The number of unbranched alkanes of at least 4 members (excludes halogenated alkanes) is 3. The molecule has 0 radical (unpaired) electrons. The molecule has 7 aromatic carbocycles. The number of amides is 1. The van der Waals surface area contributed by atoms with Crippen molar-refractivity contribution in [3.63, 3.8) is 0 Å². The molecule has 0 unspecified atom stereocenters. The van der Waals surface area contributed by atoms with Crippen molar-refractivity contribution in [2.75, 3.05) is 14.2 Å². The number of ether oxygens (including phenoxy) is 2. The van der Waals surface area contributed by atoms with Gasteiger partial charge in [-0.25, -0.2) is 31.8 Å². The molecule has 0 saturated heterocycles. The van der Waals surface area contributed by atoms with E-state index in [1.807, 2.05) is 55.5 Å². The fraction of sp³-hybridized carbons (Fsp3) is 0.298. The molecule has 2 fully saturated rings. The number of hydrogen-bond acceptors (Lipinski definition) is 15. The second-order valence-electron chi connectivity index (χ2n) is 28.5. The number of ketones is 3. The number of fused-ring (bicyclic) bond motifs is 7. The van der Waals surface area contributed by atoms with Gasteiger partial charge in [0.25, 0.3) is 5.91 Å². The SMILES string of the molecule is CCCCC(=O)c1cc(F)c2ncccc2c1.CCCCC(=O)c1cc(OC2CCCC2)c2ncccc2c1.CCCCC(=O)c1cc2c(c(OC3CCCC3)c1)CCCC2.CON(C)C(=O)c1cc(F)c2ncccc2c1.Fc1cc(Br)cc2cccnc12.N#Cc1cc(F)c2ncccc2c1.O=C(O)c1cc(F)c2ncccc2c1. The summed E-state index contributed by atoms with van der Waals surface area (Å²) in [7, 11) is 2.84. The zero-order chi connectivity index (χ0) is 83.3. The summed E-state index contributed by atoms with van der Waals surface area (Å²) >= 11 is 3.22. The molecule has 3 aliphatic carbocycles. The van der Waals surface area contributed by atoms with Gasteiger partial charge in [0.2, 0.25) is 0 Å². The zero-order valence-electron chi connectivity index (χ0n) is 66.0. The lowest BCUT2D eigenvalue weighted by molar-refractivity contribution is -0.0757. The molecule has 17 nitrogen and oxygen atoms in total. The second-order valence-corrected chi connectivity index (χ2v) is 29.4. The Labute approximate surface area is 684 Å². The Morgan fingerprint density at radius 1 is 0.444 bits per heavy atom. The van der Waals surface area contributed by atoms with E-state index in [0.717, 1.165) is 125 Å². The van der Waals surface area contributed by atoms with Crippen LogP contribution in [0.2, 0.25) is 0 Å². The van der Waals surface area contributed by atoms with Crippen LogP contribution in [0.5, 0.6) is 11.5 Å². The number of nitrogens with zero attached hydrogens (tertiary/aromatic N) is 8. The number of benzene rings is 7. The Hall–Kier alpha value is -11.9. The predicted octanol–water partition coefficient (Wildman–Crippen LogP) is 23.4. The summed E-state index contributed by atoms with van der Waals surface area (Å²) in [4.78, 5) is 87.7. The molecule has 3 aliphatic rings. The quantitative estimate of drug-likeness (QED) is 0.0450. The highest BCUT2D eigenvalue weighted by molar-refractivity contribution is 9.10. The van der Waals surface area contributed by atoms with Crippen molar-refractivity contribution >= 4 is 111 Å². The van der Waals surface area contributed by atoms with Crippen LogP contribution in [0.15, 0.2) is 199 Å². The van der Waals surface area contributed by atoms with Crippen LogP contribution in [0.3, 0.4) is 0 Å². The Balaban J connectivity index is 0.000000145. The number of carboxylic acids is 1. The van der Waals surface area contributed by atoms with Gasteiger partial charge in [0.1, 0.15) is 62.1 Å². The van der Waals surface area contributed by atoms with Crippen LogP contribution in [0.25, 0.3) is 65.4 Å². The zero-order valence-corrected chi connectivity index (χ0v) is 67.6. The molecule has 6 heterocycles. The number of pyridine rings is 6. The van der Waals surface area contributed by atoms with Gasteiger partial charge in [-0.05, 0) is 229 Å². The van der Waals surface area contributed by atoms with Crippen molar-refractivity contribution in [3.05, 3.63) is 273 Å². The minimum atomic E-state index is -1.14. The molecule has 23 heteroatoms. The van der Waals surface area contributed by atoms with Crippen molar-refractivity contribution in [2.24, 2.45) is 0 Å². The molecule has 1 amide bonds. The normalized spacial score (nSPS) is 12.8. The Morgan fingerprint density at radius 2 is 0.795 bits per heavy atom. The highest BCUT2D eigenvalue weighted by atomic mass is 79.9. The minimum absolute atomic E-state index is 0.00324. The van der Waals surface area contributed by atoms with Crippen LogP contribution in [-0.4, -0.2) is 95.7 Å². The molecule has 16 rings (SSSR count). The van der Waals surface area contributed by atoms with Gasteiger partial charge in [0.15, 0.2) is 29.0 Å². The monoisotopic (exact) mass is 1650 g/mol. The molecular formula is C94H92BrF5N8O9. The molecule has 0 spiro atoms. The van der Waals surface area contributed by atoms with E-state index in [4.69, 9.17) is 24.7 Å². The summed E-state index contributed by atoms with van der Waals surface area (Å²) < 4.78 is 80.3. The lowest BCUT2D eigenvalue weighted by Crippen LogP contribution is -2.25.